The number of carbonyl (C=O) groups excluding carboxylic acids is 1. The molecule has 1 unspecified atom stereocenters. The second-order valence-electron chi connectivity index (χ2n) is 5.14. The molecule has 3 aromatic heterocycles. The van der Waals surface area contributed by atoms with Crippen LogP contribution >= 0.6 is 22.7 Å². The van der Waals surface area contributed by atoms with E-state index >= 15 is 0 Å². The molecule has 4 heterocycles. The first-order valence-electron chi connectivity index (χ1n) is 6.96. The number of anilines is 1. The van der Waals surface area contributed by atoms with Crippen molar-refractivity contribution in [2.75, 3.05) is 5.32 Å². The number of nitrogens with one attached hydrogen (secondary N) is 1. The van der Waals surface area contributed by atoms with Crippen molar-refractivity contribution in [2.45, 2.75) is 19.4 Å². The van der Waals surface area contributed by atoms with Gasteiger partial charge >= 0.3 is 0 Å². The Morgan fingerprint density at radius 3 is 3.23 bits per heavy atom. The Hall–Kier alpha value is -2.06. The van der Waals surface area contributed by atoms with Gasteiger partial charge in [0.15, 0.2) is 0 Å². The Bertz CT molecular complexity index is 792. The summed E-state index contributed by atoms with van der Waals surface area (Å²) in [4.78, 5) is 16.7. The number of imidazole rings is 1. The van der Waals surface area contributed by atoms with Gasteiger partial charge in [0, 0.05) is 42.2 Å². The summed E-state index contributed by atoms with van der Waals surface area (Å²) in [5.41, 5.74) is 1.04. The number of thiophene rings is 1. The summed E-state index contributed by atoms with van der Waals surface area (Å²) in [5.74, 6) is 0.924. The van der Waals surface area contributed by atoms with Gasteiger partial charge in [-0.3, -0.25) is 4.79 Å². The van der Waals surface area contributed by atoms with E-state index in [4.69, 9.17) is 0 Å². The van der Waals surface area contributed by atoms with Crippen molar-refractivity contribution in [3.05, 3.63) is 35.0 Å². The number of fused-ring (bicyclic) bond motifs is 1. The second kappa shape index (κ2) is 5.62. The summed E-state index contributed by atoms with van der Waals surface area (Å²) < 4.78 is 2.10. The first-order valence-corrected chi connectivity index (χ1v) is 8.72. The van der Waals surface area contributed by atoms with Crippen LogP contribution in [0.25, 0.3) is 10.6 Å². The van der Waals surface area contributed by atoms with E-state index < -0.39 is 0 Å². The summed E-state index contributed by atoms with van der Waals surface area (Å²) in [6.45, 7) is 0.837. The van der Waals surface area contributed by atoms with E-state index in [9.17, 15) is 4.79 Å². The molecule has 0 spiro atoms. The average molecular weight is 331 g/mol. The third-order valence-corrected chi connectivity index (χ3v) is 5.31. The van der Waals surface area contributed by atoms with Crippen LogP contribution in [0.4, 0.5) is 5.13 Å². The monoisotopic (exact) mass is 331 g/mol. The highest BCUT2D eigenvalue weighted by Crippen LogP contribution is 2.28. The number of aryl methyl sites for hydroxylation is 1. The van der Waals surface area contributed by atoms with Crippen molar-refractivity contribution in [1.29, 1.82) is 0 Å². The van der Waals surface area contributed by atoms with Crippen molar-refractivity contribution in [2.24, 2.45) is 5.92 Å². The number of carbonyl (C=O) groups is 1. The highest BCUT2D eigenvalue weighted by molar-refractivity contribution is 7.19. The van der Waals surface area contributed by atoms with Crippen LogP contribution in [0.2, 0.25) is 0 Å². The molecule has 0 fully saturated rings. The van der Waals surface area contributed by atoms with Crippen molar-refractivity contribution in [3.63, 3.8) is 0 Å². The molecule has 6 nitrogen and oxygen atoms in total. The molecular formula is C14H13N5OS2. The number of aromatic nitrogens is 4. The molecule has 0 saturated carbocycles. The Labute approximate surface area is 134 Å². The fraction of sp³-hybridized carbons (Fsp3) is 0.286. The van der Waals surface area contributed by atoms with Crippen LogP contribution in [0.15, 0.2) is 29.2 Å². The van der Waals surface area contributed by atoms with E-state index in [0.29, 0.717) is 11.6 Å². The third-order valence-electron chi connectivity index (χ3n) is 3.74. The number of rotatable bonds is 3. The van der Waals surface area contributed by atoms with E-state index in [0.717, 1.165) is 29.4 Å². The van der Waals surface area contributed by atoms with Gasteiger partial charge in [-0.05, 0) is 17.9 Å². The third kappa shape index (κ3) is 2.55. The first-order chi connectivity index (χ1) is 10.8. The van der Waals surface area contributed by atoms with Crippen LogP contribution < -0.4 is 5.32 Å². The number of nitrogens with zero attached hydrogens (tertiary/aromatic N) is 4. The number of hydrogen-bond acceptors (Lipinski definition) is 6. The fourth-order valence-corrected chi connectivity index (χ4v) is 4.02. The van der Waals surface area contributed by atoms with Crippen LogP contribution in [0.1, 0.15) is 12.2 Å². The Morgan fingerprint density at radius 2 is 2.36 bits per heavy atom. The number of hydrogen-bond donors (Lipinski definition) is 1. The fourth-order valence-electron chi connectivity index (χ4n) is 2.56. The number of amides is 1. The molecule has 1 atom stereocenters. The maximum absolute atomic E-state index is 12.4. The summed E-state index contributed by atoms with van der Waals surface area (Å²) in [5, 5.41) is 16.5. The smallest absolute Gasteiger partial charge is 0.229 e. The maximum atomic E-state index is 12.4. The molecule has 1 aliphatic heterocycles. The van der Waals surface area contributed by atoms with Gasteiger partial charge < -0.3 is 9.88 Å². The lowest BCUT2D eigenvalue weighted by Gasteiger charge is -2.21. The lowest BCUT2D eigenvalue weighted by molar-refractivity contribution is -0.120. The quantitative estimate of drug-likeness (QED) is 0.801. The van der Waals surface area contributed by atoms with Crippen LogP contribution in [-0.4, -0.2) is 25.7 Å². The topological polar surface area (TPSA) is 72.7 Å². The van der Waals surface area contributed by atoms with Gasteiger partial charge in [-0.25, -0.2) is 4.98 Å². The van der Waals surface area contributed by atoms with Gasteiger partial charge in [-0.15, -0.1) is 10.2 Å². The molecule has 0 bridgehead atoms. The lowest BCUT2D eigenvalue weighted by atomic mass is 9.97. The first kappa shape index (κ1) is 13.6. The van der Waals surface area contributed by atoms with Crippen molar-refractivity contribution in [1.82, 2.24) is 19.7 Å². The minimum atomic E-state index is -0.0524. The zero-order valence-electron chi connectivity index (χ0n) is 11.6. The van der Waals surface area contributed by atoms with Crippen molar-refractivity contribution in [3.8, 4) is 10.6 Å². The summed E-state index contributed by atoms with van der Waals surface area (Å²) in [6.07, 6.45) is 5.25. The molecule has 1 aliphatic rings. The molecule has 22 heavy (non-hydrogen) atoms. The van der Waals surface area contributed by atoms with E-state index in [-0.39, 0.29) is 11.8 Å². The molecule has 0 aliphatic carbocycles. The van der Waals surface area contributed by atoms with Gasteiger partial charge in [0.05, 0.1) is 0 Å². The van der Waals surface area contributed by atoms with Crippen LogP contribution in [0, 0.1) is 5.92 Å². The molecule has 0 saturated heterocycles. The highest BCUT2D eigenvalue weighted by atomic mass is 32.1. The van der Waals surface area contributed by atoms with Gasteiger partial charge in [0.1, 0.15) is 10.8 Å². The summed E-state index contributed by atoms with van der Waals surface area (Å²) in [6, 6.07) is 2.00. The van der Waals surface area contributed by atoms with E-state index in [1.54, 1.807) is 17.5 Å². The van der Waals surface area contributed by atoms with Gasteiger partial charge in [0.2, 0.25) is 11.0 Å². The molecule has 0 aromatic carbocycles. The van der Waals surface area contributed by atoms with Gasteiger partial charge in [0.25, 0.3) is 0 Å². The Kier molecular flexibility index (Phi) is 3.47. The van der Waals surface area contributed by atoms with E-state index in [2.05, 4.69) is 25.1 Å². The van der Waals surface area contributed by atoms with Crippen LogP contribution in [0.3, 0.4) is 0 Å². The normalized spacial score (nSPS) is 17.2. The highest BCUT2D eigenvalue weighted by Gasteiger charge is 2.26. The van der Waals surface area contributed by atoms with E-state index in [1.165, 1.54) is 11.3 Å². The van der Waals surface area contributed by atoms with Gasteiger partial charge in [-0.1, -0.05) is 11.3 Å². The van der Waals surface area contributed by atoms with Gasteiger partial charge in [-0.2, -0.15) is 11.3 Å². The Balaban J connectivity index is 1.44. The largest absolute Gasteiger partial charge is 0.335 e. The minimum Gasteiger partial charge on any atom is -0.335 e. The summed E-state index contributed by atoms with van der Waals surface area (Å²) in [7, 11) is 0. The molecule has 1 amide bonds. The standard InChI is InChI=1S/C14H13N5OS2/c20-12(9-1-4-19-5-3-15-11(19)7-9)16-14-18-17-13(22-14)10-2-6-21-8-10/h2-3,5-6,8-9H,1,4,7H2,(H,16,18,20). The summed E-state index contributed by atoms with van der Waals surface area (Å²) >= 11 is 3.02. The maximum Gasteiger partial charge on any atom is 0.229 e. The molecular weight excluding hydrogens is 318 g/mol. The molecule has 3 aromatic rings. The molecule has 0 radical (unpaired) electrons. The second-order valence-corrected chi connectivity index (χ2v) is 6.90. The predicted octanol–water partition coefficient (Wildman–Crippen LogP) is 2.66. The van der Waals surface area contributed by atoms with E-state index in [1.807, 2.05) is 23.0 Å². The van der Waals surface area contributed by atoms with Crippen molar-refractivity contribution >= 4 is 33.7 Å². The molecule has 1 N–H and O–H groups in total. The minimum absolute atomic E-state index is 0.00210. The molecule has 112 valence electrons. The van der Waals surface area contributed by atoms with Crippen molar-refractivity contribution < 1.29 is 4.79 Å². The van der Waals surface area contributed by atoms with Crippen LogP contribution in [-0.2, 0) is 17.8 Å². The van der Waals surface area contributed by atoms with Crippen LogP contribution in [0.5, 0.6) is 0 Å². The molecule has 8 heteroatoms. The zero-order chi connectivity index (χ0) is 14.9. The average Bonchev–Trinajstić information content (AvgIpc) is 3.27. The Morgan fingerprint density at radius 1 is 1.41 bits per heavy atom. The lowest BCUT2D eigenvalue weighted by Crippen LogP contribution is -2.30. The predicted molar refractivity (Wildman–Crippen MR) is 85.9 cm³/mol. The molecule has 4 rings (SSSR count). The zero-order valence-corrected chi connectivity index (χ0v) is 13.2. The SMILES string of the molecule is O=C(Nc1nnc(-c2ccsc2)s1)C1CCn2ccnc2C1.